The SMILES string of the molecule is CCCCCc1nnnn1CC(C)(C)C. The van der Waals surface area contributed by atoms with Crippen LogP contribution in [0.1, 0.15) is 52.8 Å². The molecule has 0 spiro atoms. The fourth-order valence-corrected chi connectivity index (χ4v) is 1.51. The van der Waals surface area contributed by atoms with E-state index in [1.807, 2.05) is 4.68 Å². The summed E-state index contributed by atoms with van der Waals surface area (Å²) < 4.78 is 1.94. The molecule has 0 saturated carbocycles. The van der Waals surface area contributed by atoms with Crippen molar-refractivity contribution >= 4 is 0 Å². The van der Waals surface area contributed by atoms with Gasteiger partial charge in [-0.2, -0.15) is 0 Å². The Morgan fingerprint density at radius 3 is 2.53 bits per heavy atom. The highest BCUT2D eigenvalue weighted by Crippen LogP contribution is 2.16. The van der Waals surface area contributed by atoms with E-state index in [-0.39, 0.29) is 5.41 Å². The Bertz CT molecular complexity index is 285. The Kier molecular flexibility index (Phi) is 4.24. The predicted octanol–water partition coefficient (Wildman–Crippen LogP) is 2.45. The van der Waals surface area contributed by atoms with Crippen LogP contribution in [-0.4, -0.2) is 20.2 Å². The lowest BCUT2D eigenvalue weighted by Gasteiger charge is -2.18. The first-order chi connectivity index (χ1) is 7.03. The van der Waals surface area contributed by atoms with Crippen molar-refractivity contribution in [1.29, 1.82) is 0 Å². The molecule has 1 aromatic heterocycles. The number of rotatable bonds is 5. The molecule has 0 bridgehead atoms. The second-order valence-electron chi connectivity index (χ2n) is 5.27. The van der Waals surface area contributed by atoms with E-state index >= 15 is 0 Å². The normalized spacial score (nSPS) is 12.0. The second kappa shape index (κ2) is 5.24. The molecule has 0 N–H and O–H groups in total. The summed E-state index contributed by atoms with van der Waals surface area (Å²) >= 11 is 0. The highest BCUT2D eigenvalue weighted by Gasteiger charge is 2.15. The van der Waals surface area contributed by atoms with Gasteiger partial charge in [0.15, 0.2) is 5.82 Å². The maximum absolute atomic E-state index is 4.07. The Balaban J connectivity index is 2.53. The molecular formula is C11H22N4. The van der Waals surface area contributed by atoms with Crippen molar-refractivity contribution < 1.29 is 0 Å². The van der Waals surface area contributed by atoms with E-state index in [9.17, 15) is 0 Å². The number of aryl methyl sites for hydroxylation is 1. The second-order valence-corrected chi connectivity index (χ2v) is 5.27. The number of aromatic nitrogens is 4. The largest absolute Gasteiger partial charge is 0.229 e. The lowest BCUT2D eigenvalue weighted by atomic mass is 9.97. The van der Waals surface area contributed by atoms with Crippen LogP contribution in [0.15, 0.2) is 0 Å². The van der Waals surface area contributed by atoms with E-state index in [0.717, 1.165) is 18.8 Å². The summed E-state index contributed by atoms with van der Waals surface area (Å²) in [6, 6.07) is 0. The van der Waals surface area contributed by atoms with E-state index in [4.69, 9.17) is 0 Å². The number of hydrogen-bond acceptors (Lipinski definition) is 3. The lowest BCUT2D eigenvalue weighted by molar-refractivity contribution is 0.314. The Morgan fingerprint density at radius 1 is 1.20 bits per heavy atom. The maximum Gasteiger partial charge on any atom is 0.151 e. The highest BCUT2D eigenvalue weighted by molar-refractivity contribution is 4.82. The van der Waals surface area contributed by atoms with Gasteiger partial charge in [-0.25, -0.2) is 4.68 Å². The van der Waals surface area contributed by atoms with Crippen molar-refractivity contribution in [2.45, 2.75) is 59.9 Å². The Morgan fingerprint density at radius 2 is 1.93 bits per heavy atom. The van der Waals surface area contributed by atoms with E-state index in [0.29, 0.717) is 0 Å². The summed E-state index contributed by atoms with van der Waals surface area (Å²) in [6.45, 7) is 9.69. The maximum atomic E-state index is 4.07. The van der Waals surface area contributed by atoms with Crippen molar-refractivity contribution in [3.8, 4) is 0 Å². The van der Waals surface area contributed by atoms with Gasteiger partial charge in [0.1, 0.15) is 0 Å². The van der Waals surface area contributed by atoms with Crippen LogP contribution in [0, 0.1) is 5.41 Å². The third kappa shape index (κ3) is 4.40. The van der Waals surface area contributed by atoms with Gasteiger partial charge >= 0.3 is 0 Å². The minimum absolute atomic E-state index is 0.231. The van der Waals surface area contributed by atoms with E-state index < -0.39 is 0 Å². The fraction of sp³-hybridized carbons (Fsp3) is 0.909. The van der Waals surface area contributed by atoms with Gasteiger partial charge in [0.05, 0.1) is 0 Å². The molecule has 4 heteroatoms. The zero-order valence-electron chi connectivity index (χ0n) is 10.3. The molecule has 0 fully saturated rings. The topological polar surface area (TPSA) is 43.6 Å². The van der Waals surface area contributed by atoms with E-state index in [1.165, 1.54) is 19.3 Å². The molecule has 0 amide bonds. The smallest absolute Gasteiger partial charge is 0.151 e. The van der Waals surface area contributed by atoms with Crippen LogP contribution >= 0.6 is 0 Å². The quantitative estimate of drug-likeness (QED) is 0.701. The van der Waals surface area contributed by atoms with Gasteiger partial charge in [0.2, 0.25) is 0 Å². The van der Waals surface area contributed by atoms with Crippen molar-refractivity contribution in [1.82, 2.24) is 20.2 Å². The molecule has 1 heterocycles. The molecule has 0 radical (unpaired) electrons. The van der Waals surface area contributed by atoms with Crippen LogP contribution in [0.3, 0.4) is 0 Å². The zero-order valence-corrected chi connectivity index (χ0v) is 10.3. The molecule has 1 aromatic rings. The lowest BCUT2D eigenvalue weighted by Crippen LogP contribution is -2.18. The minimum Gasteiger partial charge on any atom is -0.229 e. The summed E-state index contributed by atoms with van der Waals surface area (Å²) in [5, 5.41) is 11.9. The Hall–Kier alpha value is -0.930. The molecule has 0 aliphatic carbocycles. The fourth-order valence-electron chi connectivity index (χ4n) is 1.51. The molecule has 0 aliphatic heterocycles. The van der Waals surface area contributed by atoms with Crippen LogP contribution in [0.2, 0.25) is 0 Å². The van der Waals surface area contributed by atoms with Crippen molar-refractivity contribution in [2.75, 3.05) is 0 Å². The summed E-state index contributed by atoms with van der Waals surface area (Å²) in [7, 11) is 0. The van der Waals surface area contributed by atoms with Crippen LogP contribution < -0.4 is 0 Å². The third-order valence-corrected chi connectivity index (χ3v) is 2.23. The number of unbranched alkanes of at least 4 members (excludes halogenated alkanes) is 2. The molecule has 0 aliphatic rings. The molecule has 0 atom stereocenters. The predicted molar refractivity (Wildman–Crippen MR) is 60.5 cm³/mol. The molecule has 0 aromatic carbocycles. The monoisotopic (exact) mass is 210 g/mol. The van der Waals surface area contributed by atoms with Gasteiger partial charge in [-0.1, -0.05) is 40.5 Å². The van der Waals surface area contributed by atoms with Crippen LogP contribution in [0.5, 0.6) is 0 Å². The number of nitrogens with zero attached hydrogens (tertiary/aromatic N) is 4. The van der Waals surface area contributed by atoms with Gasteiger partial charge in [-0.05, 0) is 22.3 Å². The number of hydrogen-bond donors (Lipinski definition) is 0. The molecule has 1 rings (SSSR count). The van der Waals surface area contributed by atoms with Crippen molar-refractivity contribution in [3.63, 3.8) is 0 Å². The third-order valence-electron chi connectivity index (χ3n) is 2.23. The molecule has 0 saturated heterocycles. The first-order valence-corrected chi connectivity index (χ1v) is 5.78. The minimum atomic E-state index is 0.231. The molecule has 0 unspecified atom stereocenters. The first kappa shape index (κ1) is 12.1. The highest BCUT2D eigenvalue weighted by atomic mass is 15.5. The summed E-state index contributed by atoms with van der Waals surface area (Å²) in [5.41, 5.74) is 0.231. The van der Waals surface area contributed by atoms with Gasteiger partial charge in [-0.15, -0.1) is 5.10 Å². The van der Waals surface area contributed by atoms with E-state index in [2.05, 4.69) is 43.2 Å². The average Bonchev–Trinajstić information content (AvgIpc) is 2.50. The summed E-state index contributed by atoms with van der Waals surface area (Å²) in [6.07, 6.45) is 4.67. The van der Waals surface area contributed by atoms with E-state index in [1.54, 1.807) is 0 Å². The van der Waals surface area contributed by atoms with Gasteiger partial charge in [0.25, 0.3) is 0 Å². The standard InChI is InChI=1S/C11H22N4/c1-5-6-7-8-10-12-13-14-15(10)9-11(2,3)4/h5-9H2,1-4H3. The van der Waals surface area contributed by atoms with Gasteiger partial charge < -0.3 is 0 Å². The molecule has 15 heavy (non-hydrogen) atoms. The van der Waals surface area contributed by atoms with Crippen LogP contribution in [0.4, 0.5) is 0 Å². The van der Waals surface area contributed by atoms with Gasteiger partial charge in [-0.3, -0.25) is 0 Å². The van der Waals surface area contributed by atoms with Gasteiger partial charge in [0, 0.05) is 13.0 Å². The average molecular weight is 210 g/mol. The summed E-state index contributed by atoms with van der Waals surface area (Å²) in [5.74, 6) is 1.03. The van der Waals surface area contributed by atoms with Crippen molar-refractivity contribution in [3.05, 3.63) is 5.82 Å². The van der Waals surface area contributed by atoms with Crippen molar-refractivity contribution in [2.24, 2.45) is 5.41 Å². The molecule has 4 nitrogen and oxygen atoms in total. The zero-order chi connectivity index (χ0) is 11.3. The summed E-state index contributed by atoms with van der Waals surface area (Å²) in [4.78, 5) is 0. The van der Waals surface area contributed by atoms with Crippen LogP contribution in [0.25, 0.3) is 0 Å². The van der Waals surface area contributed by atoms with Crippen LogP contribution in [-0.2, 0) is 13.0 Å². The molecular weight excluding hydrogens is 188 g/mol. The first-order valence-electron chi connectivity index (χ1n) is 5.78. The number of tetrazole rings is 1. The molecule has 86 valence electrons. The Labute approximate surface area is 92.1 Å².